The minimum Gasteiger partial charge on any atom is -0.455 e. The first kappa shape index (κ1) is 29.8. The number of benzene rings is 10. The minimum absolute atomic E-state index is 0.929. The maximum atomic E-state index is 6.69. The molecule has 1 nitrogen and oxygen atoms in total. The third-order valence-electron chi connectivity index (χ3n) is 11.4. The largest absolute Gasteiger partial charge is 0.455 e. The van der Waals surface area contributed by atoms with Crippen LogP contribution >= 0.6 is 11.3 Å². The molecule has 10 aromatic carbocycles. The lowest BCUT2D eigenvalue weighted by molar-refractivity contribution is 0.673. The van der Waals surface area contributed by atoms with Gasteiger partial charge < -0.3 is 4.42 Å². The molecule has 12 aromatic rings. The molecule has 2 heteroatoms. The average Bonchev–Trinajstić information content (AvgIpc) is 3.79. The van der Waals surface area contributed by atoms with Crippen LogP contribution in [-0.2, 0) is 0 Å². The number of hydrogen-bond donors (Lipinski definition) is 0. The molecule has 0 radical (unpaired) electrons. The summed E-state index contributed by atoms with van der Waals surface area (Å²) in [7, 11) is 0. The highest BCUT2D eigenvalue weighted by atomic mass is 32.1. The second kappa shape index (κ2) is 11.4. The van der Waals surface area contributed by atoms with Gasteiger partial charge in [-0.1, -0.05) is 146 Å². The van der Waals surface area contributed by atoms with Crippen molar-refractivity contribution in [1.29, 1.82) is 0 Å². The predicted molar refractivity (Wildman–Crippen MR) is 233 cm³/mol. The molecule has 0 saturated carbocycles. The van der Waals surface area contributed by atoms with Crippen LogP contribution in [0.1, 0.15) is 0 Å². The first-order chi connectivity index (χ1) is 26.8. The number of thiophene rings is 1. The van der Waals surface area contributed by atoms with Crippen molar-refractivity contribution in [1.82, 2.24) is 0 Å². The number of rotatable bonds is 3. The minimum atomic E-state index is 0.929. The number of furan rings is 1. The Morgan fingerprint density at radius 2 is 0.963 bits per heavy atom. The topological polar surface area (TPSA) is 13.1 Å². The average molecular weight is 703 g/mol. The number of hydrogen-bond acceptors (Lipinski definition) is 2. The summed E-state index contributed by atoms with van der Waals surface area (Å²) in [6.45, 7) is 0. The van der Waals surface area contributed by atoms with Crippen LogP contribution < -0.4 is 0 Å². The Balaban J connectivity index is 0.987. The molecule has 250 valence electrons. The van der Waals surface area contributed by atoms with Crippen LogP contribution in [0, 0.1) is 0 Å². The second-order valence-corrected chi connectivity index (χ2v) is 15.5. The van der Waals surface area contributed by atoms with Crippen molar-refractivity contribution in [3.8, 4) is 33.4 Å². The molecule has 0 saturated heterocycles. The van der Waals surface area contributed by atoms with E-state index in [9.17, 15) is 0 Å². The van der Waals surface area contributed by atoms with Crippen LogP contribution in [0.25, 0.3) is 119 Å². The summed E-state index contributed by atoms with van der Waals surface area (Å²) in [4.78, 5) is 0. The molecule has 2 aromatic heterocycles. The van der Waals surface area contributed by atoms with Gasteiger partial charge in [-0.2, -0.15) is 0 Å². The molecular weight excluding hydrogens is 673 g/mol. The van der Waals surface area contributed by atoms with Gasteiger partial charge in [0.2, 0.25) is 0 Å². The summed E-state index contributed by atoms with van der Waals surface area (Å²) in [5, 5.41) is 14.8. The molecule has 0 fully saturated rings. The van der Waals surface area contributed by atoms with Crippen molar-refractivity contribution in [3.05, 3.63) is 182 Å². The van der Waals surface area contributed by atoms with Crippen LogP contribution in [0.5, 0.6) is 0 Å². The fourth-order valence-electron chi connectivity index (χ4n) is 8.97. The molecule has 0 atom stereocenters. The van der Waals surface area contributed by atoms with Crippen molar-refractivity contribution in [2.24, 2.45) is 0 Å². The van der Waals surface area contributed by atoms with E-state index in [2.05, 4.69) is 182 Å². The Morgan fingerprint density at radius 3 is 1.74 bits per heavy atom. The molecule has 0 aliphatic rings. The van der Waals surface area contributed by atoms with E-state index in [1.54, 1.807) is 0 Å². The Bertz CT molecular complexity index is 3430. The molecule has 0 aliphatic heterocycles. The molecule has 54 heavy (non-hydrogen) atoms. The highest BCUT2D eigenvalue weighted by Crippen LogP contribution is 2.46. The molecular formula is C52H30OS. The van der Waals surface area contributed by atoms with Crippen LogP contribution in [-0.4, -0.2) is 0 Å². The molecule has 0 bridgehead atoms. The van der Waals surface area contributed by atoms with Crippen molar-refractivity contribution in [2.75, 3.05) is 0 Å². The van der Waals surface area contributed by atoms with E-state index in [1.165, 1.54) is 102 Å². The van der Waals surface area contributed by atoms with Gasteiger partial charge in [0.1, 0.15) is 11.2 Å². The van der Waals surface area contributed by atoms with Gasteiger partial charge in [0.15, 0.2) is 0 Å². The van der Waals surface area contributed by atoms with Gasteiger partial charge in [0, 0.05) is 30.9 Å². The SMILES string of the molecule is c1ccc2c(-c3c4ccccc4c(-c4ccc(-c5ccc6cc7c(cc6c5)oc5c7ccc6sc7ccccc7c65)cc4)c4ccccc34)cccc2c1. The predicted octanol–water partition coefficient (Wildman–Crippen LogP) is 15.6. The molecule has 0 amide bonds. The van der Waals surface area contributed by atoms with Crippen LogP contribution in [0.4, 0.5) is 0 Å². The van der Waals surface area contributed by atoms with Gasteiger partial charge in [0.25, 0.3) is 0 Å². The zero-order chi connectivity index (χ0) is 35.3. The van der Waals surface area contributed by atoms with Gasteiger partial charge in [-0.3, -0.25) is 0 Å². The van der Waals surface area contributed by atoms with Gasteiger partial charge in [0.05, 0.1) is 0 Å². The summed E-state index contributed by atoms with van der Waals surface area (Å²) in [6.07, 6.45) is 0. The van der Waals surface area contributed by atoms with E-state index in [-0.39, 0.29) is 0 Å². The zero-order valence-corrected chi connectivity index (χ0v) is 30.0. The summed E-state index contributed by atoms with van der Waals surface area (Å²) < 4.78 is 9.24. The highest BCUT2D eigenvalue weighted by molar-refractivity contribution is 7.26. The standard InChI is InChI=1S/C52H30OS/c1-2-12-37-32(10-1)11-9-18-38(37)50-41-15-5-3-13-39(41)49(40-14-4-6-16-42(40)50)33-22-20-31(21-23-33)34-24-25-35-29-45-43-26-27-48-51(44-17-7-8-19-47(44)54-48)52(43)53-46(45)30-36(35)28-34/h1-30H. The lowest BCUT2D eigenvalue weighted by Gasteiger charge is -2.19. The first-order valence-electron chi connectivity index (χ1n) is 18.5. The van der Waals surface area contributed by atoms with Gasteiger partial charge in [-0.25, -0.2) is 0 Å². The summed E-state index contributed by atoms with van der Waals surface area (Å²) in [6, 6.07) is 66.8. The molecule has 0 spiro atoms. The summed E-state index contributed by atoms with van der Waals surface area (Å²) in [5.41, 5.74) is 9.35. The molecule has 2 heterocycles. The summed E-state index contributed by atoms with van der Waals surface area (Å²) in [5.74, 6) is 0. The number of fused-ring (bicyclic) bond motifs is 11. The molecule has 0 unspecified atom stereocenters. The smallest absolute Gasteiger partial charge is 0.144 e. The third-order valence-corrected chi connectivity index (χ3v) is 12.6. The maximum absolute atomic E-state index is 6.69. The monoisotopic (exact) mass is 702 g/mol. The van der Waals surface area contributed by atoms with E-state index < -0.39 is 0 Å². The molecule has 12 rings (SSSR count). The van der Waals surface area contributed by atoms with Gasteiger partial charge in [-0.15, -0.1) is 11.3 Å². The van der Waals surface area contributed by atoms with Crippen molar-refractivity contribution in [3.63, 3.8) is 0 Å². The van der Waals surface area contributed by atoms with E-state index in [4.69, 9.17) is 4.42 Å². The Morgan fingerprint density at radius 1 is 0.333 bits per heavy atom. The van der Waals surface area contributed by atoms with E-state index >= 15 is 0 Å². The molecule has 0 N–H and O–H groups in total. The van der Waals surface area contributed by atoms with Crippen molar-refractivity contribution < 1.29 is 4.42 Å². The van der Waals surface area contributed by atoms with Gasteiger partial charge >= 0.3 is 0 Å². The van der Waals surface area contributed by atoms with E-state index in [0.29, 0.717) is 0 Å². The lowest BCUT2D eigenvalue weighted by Crippen LogP contribution is -1.91. The van der Waals surface area contributed by atoms with E-state index in [0.717, 1.165) is 16.6 Å². The fraction of sp³-hybridized carbons (Fsp3) is 0. The van der Waals surface area contributed by atoms with Gasteiger partial charge in [-0.05, 0) is 113 Å². The maximum Gasteiger partial charge on any atom is 0.144 e. The Labute approximate surface area is 314 Å². The van der Waals surface area contributed by atoms with Crippen molar-refractivity contribution in [2.45, 2.75) is 0 Å². The summed E-state index contributed by atoms with van der Waals surface area (Å²) >= 11 is 1.83. The first-order valence-corrected chi connectivity index (χ1v) is 19.3. The normalized spacial score (nSPS) is 12.1. The quantitative estimate of drug-likeness (QED) is 0.167. The van der Waals surface area contributed by atoms with Crippen LogP contribution in [0.3, 0.4) is 0 Å². The zero-order valence-electron chi connectivity index (χ0n) is 29.1. The highest BCUT2D eigenvalue weighted by Gasteiger charge is 2.19. The lowest BCUT2D eigenvalue weighted by atomic mass is 9.84. The third kappa shape index (κ3) is 4.32. The second-order valence-electron chi connectivity index (χ2n) is 14.4. The Hall–Kier alpha value is -6.74. The molecule has 0 aliphatic carbocycles. The van der Waals surface area contributed by atoms with E-state index in [1.807, 2.05) is 11.3 Å². The van der Waals surface area contributed by atoms with Crippen LogP contribution in [0.2, 0.25) is 0 Å². The fourth-order valence-corrected chi connectivity index (χ4v) is 10.1. The Kier molecular flexibility index (Phi) is 6.28. The van der Waals surface area contributed by atoms with Crippen LogP contribution in [0.15, 0.2) is 186 Å². The van der Waals surface area contributed by atoms with Crippen molar-refractivity contribution >= 4 is 96.5 Å².